The van der Waals surface area contributed by atoms with Crippen LogP contribution in [0.1, 0.15) is 23.8 Å². The zero-order valence-corrected chi connectivity index (χ0v) is 12.0. The maximum absolute atomic E-state index is 12.9. The van der Waals surface area contributed by atoms with Crippen LogP contribution in [-0.2, 0) is 6.54 Å². The van der Waals surface area contributed by atoms with E-state index < -0.39 is 0 Å². The molecule has 2 rings (SSSR count). The van der Waals surface area contributed by atoms with Crippen molar-refractivity contribution in [3.8, 4) is 0 Å². The van der Waals surface area contributed by atoms with Gasteiger partial charge in [-0.1, -0.05) is 12.1 Å². The van der Waals surface area contributed by atoms with E-state index in [1.54, 1.807) is 6.26 Å². The van der Waals surface area contributed by atoms with Gasteiger partial charge in [-0.15, -0.1) is 0 Å². The van der Waals surface area contributed by atoms with Gasteiger partial charge in [-0.05, 0) is 50.3 Å². The fourth-order valence-corrected chi connectivity index (χ4v) is 2.27. The van der Waals surface area contributed by atoms with E-state index in [4.69, 9.17) is 4.42 Å². The van der Waals surface area contributed by atoms with Crippen molar-refractivity contribution >= 4 is 0 Å². The van der Waals surface area contributed by atoms with E-state index in [0.717, 1.165) is 30.8 Å². The summed E-state index contributed by atoms with van der Waals surface area (Å²) in [6.45, 7) is 1.73. The third-order valence-corrected chi connectivity index (χ3v) is 3.43. The lowest BCUT2D eigenvalue weighted by molar-refractivity contribution is 0.278. The highest BCUT2D eigenvalue weighted by atomic mass is 19.1. The second-order valence-corrected chi connectivity index (χ2v) is 5.00. The smallest absolute Gasteiger partial charge is 0.123 e. The Kier molecular flexibility index (Phi) is 5.32. The van der Waals surface area contributed by atoms with Crippen LogP contribution in [-0.4, -0.2) is 25.5 Å². The van der Waals surface area contributed by atoms with Crippen LogP contribution in [0.2, 0.25) is 0 Å². The molecule has 0 fully saturated rings. The molecule has 0 aliphatic heterocycles. The molecule has 1 N–H and O–H groups in total. The SMILES string of the molecule is CNC(CCN(C)Cc1ccco1)c1ccc(F)cc1. The lowest BCUT2D eigenvalue weighted by Gasteiger charge is -2.21. The summed E-state index contributed by atoms with van der Waals surface area (Å²) >= 11 is 0. The van der Waals surface area contributed by atoms with Crippen molar-refractivity contribution in [1.29, 1.82) is 0 Å². The topological polar surface area (TPSA) is 28.4 Å². The monoisotopic (exact) mass is 276 g/mol. The second kappa shape index (κ2) is 7.22. The Labute approximate surface area is 119 Å². The summed E-state index contributed by atoms with van der Waals surface area (Å²) in [6.07, 6.45) is 2.65. The number of benzene rings is 1. The Hall–Kier alpha value is -1.65. The predicted molar refractivity (Wildman–Crippen MR) is 77.9 cm³/mol. The minimum atomic E-state index is -0.196. The van der Waals surface area contributed by atoms with Gasteiger partial charge >= 0.3 is 0 Å². The zero-order valence-electron chi connectivity index (χ0n) is 12.0. The Bertz CT molecular complexity index is 496. The molecule has 1 aromatic carbocycles. The average Bonchev–Trinajstić information content (AvgIpc) is 2.94. The highest BCUT2D eigenvalue weighted by Crippen LogP contribution is 2.17. The summed E-state index contributed by atoms with van der Waals surface area (Å²) in [5.74, 6) is 0.772. The average molecular weight is 276 g/mol. The largest absolute Gasteiger partial charge is 0.468 e. The Morgan fingerprint density at radius 1 is 1.25 bits per heavy atom. The van der Waals surface area contributed by atoms with Gasteiger partial charge in [-0.3, -0.25) is 4.90 Å². The van der Waals surface area contributed by atoms with Crippen molar-refractivity contribution in [3.05, 3.63) is 59.8 Å². The fourth-order valence-electron chi connectivity index (χ4n) is 2.27. The number of rotatable bonds is 7. The van der Waals surface area contributed by atoms with Gasteiger partial charge in [0.2, 0.25) is 0 Å². The van der Waals surface area contributed by atoms with Crippen LogP contribution in [0.5, 0.6) is 0 Å². The number of nitrogens with zero attached hydrogens (tertiary/aromatic N) is 1. The molecule has 4 heteroatoms. The minimum absolute atomic E-state index is 0.196. The fraction of sp³-hybridized carbons (Fsp3) is 0.375. The molecular weight excluding hydrogens is 255 g/mol. The molecule has 20 heavy (non-hydrogen) atoms. The van der Waals surface area contributed by atoms with Crippen LogP contribution < -0.4 is 5.32 Å². The summed E-state index contributed by atoms with van der Waals surface area (Å²) in [7, 11) is 4.00. The minimum Gasteiger partial charge on any atom is -0.468 e. The molecule has 1 heterocycles. The first-order valence-electron chi connectivity index (χ1n) is 6.82. The van der Waals surface area contributed by atoms with Gasteiger partial charge in [0, 0.05) is 12.6 Å². The predicted octanol–water partition coefficient (Wildman–Crippen LogP) is 3.20. The lowest BCUT2D eigenvalue weighted by Crippen LogP contribution is -2.25. The number of furan rings is 1. The van der Waals surface area contributed by atoms with Crippen molar-refractivity contribution in [2.24, 2.45) is 0 Å². The highest BCUT2D eigenvalue weighted by molar-refractivity contribution is 5.19. The van der Waals surface area contributed by atoms with Crippen LogP contribution in [0.3, 0.4) is 0 Å². The van der Waals surface area contributed by atoms with Crippen molar-refractivity contribution in [2.45, 2.75) is 19.0 Å². The first kappa shape index (κ1) is 14.8. The van der Waals surface area contributed by atoms with Gasteiger partial charge in [0.25, 0.3) is 0 Å². The Morgan fingerprint density at radius 3 is 2.60 bits per heavy atom. The maximum Gasteiger partial charge on any atom is 0.123 e. The van der Waals surface area contributed by atoms with E-state index in [2.05, 4.69) is 17.3 Å². The van der Waals surface area contributed by atoms with E-state index in [9.17, 15) is 4.39 Å². The van der Waals surface area contributed by atoms with Crippen molar-refractivity contribution in [3.63, 3.8) is 0 Å². The number of halogens is 1. The van der Waals surface area contributed by atoms with E-state index in [1.807, 2.05) is 31.3 Å². The summed E-state index contributed by atoms with van der Waals surface area (Å²) < 4.78 is 18.3. The Balaban J connectivity index is 1.85. The van der Waals surface area contributed by atoms with E-state index in [1.165, 1.54) is 12.1 Å². The molecule has 0 radical (unpaired) electrons. The highest BCUT2D eigenvalue weighted by Gasteiger charge is 2.11. The molecule has 0 bridgehead atoms. The zero-order chi connectivity index (χ0) is 14.4. The molecule has 108 valence electrons. The van der Waals surface area contributed by atoms with Gasteiger partial charge in [0.1, 0.15) is 11.6 Å². The summed E-state index contributed by atoms with van der Waals surface area (Å²) in [6, 6.07) is 10.8. The summed E-state index contributed by atoms with van der Waals surface area (Å²) in [4.78, 5) is 2.21. The quantitative estimate of drug-likeness (QED) is 0.842. The second-order valence-electron chi connectivity index (χ2n) is 5.00. The summed E-state index contributed by atoms with van der Waals surface area (Å²) in [5, 5.41) is 3.28. The van der Waals surface area contributed by atoms with Crippen LogP contribution in [0, 0.1) is 5.82 Å². The van der Waals surface area contributed by atoms with Gasteiger partial charge < -0.3 is 9.73 Å². The van der Waals surface area contributed by atoms with Crippen molar-refractivity contribution in [2.75, 3.05) is 20.6 Å². The van der Waals surface area contributed by atoms with Gasteiger partial charge in [0.15, 0.2) is 0 Å². The number of hydrogen-bond donors (Lipinski definition) is 1. The van der Waals surface area contributed by atoms with Gasteiger partial charge in [-0.2, -0.15) is 0 Å². The molecule has 0 aliphatic rings. The first-order chi connectivity index (χ1) is 9.69. The van der Waals surface area contributed by atoms with Crippen LogP contribution in [0.25, 0.3) is 0 Å². The molecule has 0 amide bonds. The first-order valence-corrected chi connectivity index (χ1v) is 6.82. The number of hydrogen-bond acceptors (Lipinski definition) is 3. The van der Waals surface area contributed by atoms with E-state index in [0.29, 0.717) is 0 Å². The van der Waals surface area contributed by atoms with E-state index >= 15 is 0 Å². The number of nitrogens with one attached hydrogen (secondary N) is 1. The Morgan fingerprint density at radius 2 is 2.00 bits per heavy atom. The molecule has 0 spiro atoms. The van der Waals surface area contributed by atoms with Crippen molar-refractivity contribution in [1.82, 2.24) is 10.2 Å². The van der Waals surface area contributed by atoms with Crippen molar-refractivity contribution < 1.29 is 8.81 Å². The third-order valence-electron chi connectivity index (χ3n) is 3.43. The molecule has 0 saturated carbocycles. The molecule has 2 aromatic rings. The van der Waals surface area contributed by atoms with Crippen LogP contribution >= 0.6 is 0 Å². The molecule has 1 atom stereocenters. The molecule has 0 aliphatic carbocycles. The van der Waals surface area contributed by atoms with Gasteiger partial charge in [-0.25, -0.2) is 4.39 Å². The lowest BCUT2D eigenvalue weighted by atomic mass is 10.0. The molecular formula is C16H21FN2O. The third kappa shape index (κ3) is 4.18. The summed E-state index contributed by atoms with van der Waals surface area (Å²) in [5.41, 5.74) is 1.11. The molecule has 1 unspecified atom stereocenters. The normalized spacial score (nSPS) is 12.8. The molecule has 1 aromatic heterocycles. The maximum atomic E-state index is 12.9. The standard InChI is InChI=1S/C16H21FN2O/c1-18-16(13-5-7-14(17)8-6-13)9-10-19(2)12-15-4-3-11-20-15/h3-8,11,16,18H,9-10,12H2,1-2H3. The van der Waals surface area contributed by atoms with Crippen LogP contribution in [0.15, 0.2) is 47.1 Å². The van der Waals surface area contributed by atoms with E-state index in [-0.39, 0.29) is 11.9 Å². The molecule has 3 nitrogen and oxygen atoms in total. The van der Waals surface area contributed by atoms with Crippen LogP contribution in [0.4, 0.5) is 4.39 Å². The molecule has 0 saturated heterocycles. The van der Waals surface area contributed by atoms with Gasteiger partial charge in [0.05, 0.1) is 12.8 Å².